The second kappa shape index (κ2) is 8.21. The third-order valence-corrected chi connectivity index (χ3v) is 5.40. The number of anilines is 1. The van der Waals surface area contributed by atoms with Crippen LogP contribution in [-0.2, 0) is 12.4 Å². The van der Waals surface area contributed by atoms with E-state index in [1.807, 2.05) is 0 Å². The minimum Gasteiger partial charge on any atom is -0.315 e. The first kappa shape index (κ1) is 24.4. The zero-order valence-corrected chi connectivity index (χ0v) is 17.1. The summed E-state index contributed by atoms with van der Waals surface area (Å²) in [7, 11) is 0. The van der Waals surface area contributed by atoms with Gasteiger partial charge in [0.2, 0.25) is 0 Å². The van der Waals surface area contributed by atoms with Crippen LogP contribution in [0.2, 0.25) is 0 Å². The third-order valence-electron chi connectivity index (χ3n) is 4.51. The van der Waals surface area contributed by atoms with Crippen molar-refractivity contribution in [2.24, 2.45) is 0 Å². The van der Waals surface area contributed by atoms with Crippen LogP contribution in [0.5, 0.6) is 0 Å². The molecule has 0 saturated heterocycles. The van der Waals surface area contributed by atoms with Gasteiger partial charge in [-0.1, -0.05) is 6.07 Å². The van der Waals surface area contributed by atoms with Gasteiger partial charge in [-0.3, -0.25) is 4.79 Å². The van der Waals surface area contributed by atoms with Crippen LogP contribution in [0, 0.1) is 23.3 Å². The Balaban J connectivity index is 1.79. The second-order valence-corrected chi connectivity index (χ2v) is 7.71. The normalized spacial score (nSPS) is 12.4. The molecule has 4 rings (SSSR count). The van der Waals surface area contributed by atoms with Gasteiger partial charge in [0.1, 0.15) is 11.3 Å². The minimum absolute atomic E-state index is 0.143. The van der Waals surface area contributed by atoms with Gasteiger partial charge >= 0.3 is 12.4 Å². The molecule has 0 aliphatic rings. The number of aromatic nitrogens is 3. The molecule has 35 heavy (non-hydrogen) atoms. The largest absolute Gasteiger partial charge is 0.433 e. The molecule has 4 aromatic rings. The standard InChI is InChI=1S/C19H6F10N4OS/c20-12-11(19(27,28)29)13(21)15(23)16(14(12)22)31-17(34)7-5-10-30-6(8-2-1-3-35-8)4-9(18(24,25)26)33(10)32-7/h1-5H,(H,31,34). The first-order valence-corrected chi connectivity index (χ1v) is 9.84. The van der Waals surface area contributed by atoms with Crippen molar-refractivity contribution >= 4 is 28.6 Å². The number of halogens is 10. The number of carbonyl (C=O) groups is 1. The molecular weight excluding hydrogens is 522 g/mol. The van der Waals surface area contributed by atoms with E-state index in [2.05, 4.69) is 10.1 Å². The Morgan fingerprint density at radius 1 is 0.914 bits per heavy atom. The van der Waals surface area contributed by atoms with E-state index < -0.39 is 69.8 Å². The summed E-state index contributed by atoms with van der Waals surface area (Å²) in [4.78, 5) is 16.6. The Morgan fingerprint density at radius 3 is 2.06 bits per heavy atom. The Labute approximate surface area is 190 Å². The van der Waals surface area contributed by atoms with Crippen LogP contribution in [0.4, 0.5) is 49.6 Å². The predicted molar refractivity (Wildman–Crippen MR) is 101 cm³/mol. The van der Waals surface area contributed by atoms with E-state index >= 15 is 0 Å². The van der Waals surface area contributed by atoms with Crippen molar-refractivity contribution < 1.29 is 48.7 Å². The maximum Gasteiger partial charge on any atom is 0.433 e. The number of carbonyl (C=O) groups excluding carboxylic acids is 1. The van der Waals surface area contributed by atoms with Crippen molar-refractivity contribution in [3.63, 3.8) is 0 Å². The highest BCUT2D eigenvalue weighted by Crippen LogP contribution is 2.39. The Kier molecular flexibility index (Phi) is 5.73. The molecule has 1 N–H and O–H groups in total. The van der Waals surface area contributed by atoms with Gasteiger partial charge < -0.3 is 5.32 Å². The number of amides is 1. The molecule has 16 heteroatoms. The molecule has 0 spiro atoms. The summed E-state index contributed by atoms with van der Waals surface area (Å²) in [5, 5.41) is 6.23. The first-order chi connectivity index (χ1) is 16.2. The van der Waals surface area contributed by atoms with Crippen molar-refractivity contribution in [2.75, 3.05) is 5.32 Å². The van der Waals surface area contributed by atoms with Gasteiger partial charge in [-0.05, 0) is 17.5 Å². The fourth-order valence-electron chi connectivity index (χ4n) is 3.01. The lowest BCUT2D eigenvalue weighted by Gasteiger charge is -2.14. The first-order valence-electron chi connectivity index (χ1n) is 8.96. The summed E-state index contributed by atoms with van der Waals surface area (Å²) in [6.07, 6.45) is -10.8. The summed E-state index contributed by atoms with van der Waals surface area (Å²) < 4.78 is 135. The number of thiophene rings is 1. The van der Waals surface area contributed by atoms with Gasteiger partial charge in [0.05, 0.1) is 10.6 Å². The van der Waals surface area contributed by atoms with Crippen LogP contribution in [0.1, 0.15) is 21.7 Å². The fourth-order valence-corrected chi connectivity index (χ4v) is 3.69. The molecule has 0 unspecified atom stereocenters. The van der Waals surface area contributed by atoms with Crippen molar-refractivity contribution in [1.29, 1.82) is 0 Å². The number of alkyl halides is 6. The monoisotopic (exact) mass is 528 g/mol. The summed E-state index contributed by atoms with van der Waals surface area (Å²) in [6.45, 7) is 0. The molecule has 0 atom stereocenters. The quantitative estimate of drug-likeness (QED) is 0.251. The average Bonchev–Trinajstić information content (AvgIpc) is 3.42. The van der Waals surface area contributed by atoms with Crippen LogP contribution in [0.25, 0.3) is 16.2 Å². The maximum atomic E-state index is 14.1. The van der Waals surface area contributed by atoms with E-state index in [0.29, 0.717) is 17.0 Å². The Hall–Kier alpha value is -3.69. The van der Waals surface area contributed by atoms with Gasteiger partial charge in [0.25, 0.3) is 5.91 Å². The number of benzene rings is 1. The maximum absolute atomic E-state index is 14.1. The molecule has 0 bridgehead atoms. The summed E-state index contributed by atoms with van der Waals surface area (Å²) in [6, 6.07) is 4.31. The van der Waals surface area contributed by atoms with E-state index in [4.69, 9.17) is 0 Å². The second-order valence-electron chi connectivity index (χ2n) is 6.76. The summed E-state index contributed by atoms with van der Waals surface area (Å²) >= 11 is 1.05. The minimum atomic E-state index is -5.81. The highest BCUT2D eigenvalue weighted by atomic mass is 32.1. The van der Waals surface area contributed by atoms with E-state index in [9.17, 15) is 48.7 Å². The molecule has 0 saturated carbocycles. The molecule has 0 radical (unpaired) electrons. The molecular formula is C19H6F10N4OS. The number of hydrogen-bond acceptors (Lipinski definition) is 4. The molecule has 1 amide bonds. The number of nitrogens with one attached hydrogen (secondary N) is 1. The number of fused-ring (bicyclic) bond motifs is 1. The van der Waals surface area contributed by atoms with Crippen LogP contribution in [0.3, 0.4) is 0 Å². The zero-order valence-electron chi connectivity index (χ0n) is 16.3. The zero-order chi connectivity index (χ0) is 25.9. The Morgan fingerprint density at radius 2 is 1.54 bits per heavy atom. The summed E-state index contributed by atoms with van der Waals surface area (Å²) in [5.74, 6) is -12.5. The lowest BCUT2D eigenvalue weighted by Crippen LogP contribution is -2.20. The number of rotatable bonds is 3. The molecule has 3 heterocycles. The van der Waals surface area contributed by atoms with Crippen molar-refractivity contribution in [3.05, 3.63) is 69.9 Å². The summed E-state index contributed by atoms with van der Waals surface area (Å²) in [5.41, 5.74) is -7.79. The highest BCUT2D eigenvalue weighted by Gasteiger charge is 2.43. The van der Waals surface area contributed by atoms with E-state index in [1.54, 1.807) is 11.4 Å². The highest BCUT2D eigenvalue weighted by molar-refractivity contribution is 7.13. The van der Waals surface area contributed by atoms with Crippen LogP contribution in [-0.4, -0.2) is 20.5 Å². The van der Waals surface area contributed by atoms with Crippen LogP contribution in [0.15, 0.2) is 29.6 Å². The Bertz CT molecular complexity index is 1430. The van der Waals surface area contributed by atoms with Gasteiger partial charge in [0, 0.05) is 6.07 Å². The molecule has 184 valence electrons. The molecule has 3 aromatic heterocycles. The average molecular weight is 528 g/mol. The lowest BCUT2D eigenvalue weighted by atomic mass is 10.1. The number of hydrogen-bond donors (Lipinski definition) is 1. The molecule has 5 nitrogen and oxygen atoms in total. The van der Waals surface area contributed by atoms with Crippen molar-refractivity contribution in [2.45, 2.75) is 12.4 Å². The number of nitrogens with zero attached hydrogens (tertiary/aromatic N) is 3. The topological polar surface area (TPSA) is 59.3 Å². The van der Waals surface area contributed by atoms with Gasteiger partial charge in [0.15, 0.2) is 40.3 Å². The molecule has 0 fully saturated rings. The van der Waals surface area contributed by atoms with Gasteiger partial charge in [-0.25, -0.2) is 27.1 Å². The van der Waals surface area contributed by atoms with Crippen LogP contribution >= 0.6 is 11.3 Å². The van der Waals surface area contributed by atoms with E-state index in [0.717, 1.165) is 11.3 Å². The van der Waals surface area contributed by atoms with Crippen LogP contribution < -0.4 is 5.32 Å². The fraction of sp³-hybridized carbons (Fsp3) is 0.105. The lowest BCUT2D eigenvalue weighted by molar-refractivity contribution is -0.143. The smallest absolute Gasteiger partial charge is 0.315 e. The molecule has 0 aliphatic heterocycles. The SMILES string of the molecule is O=C(Nc1c(F)c(F)c(C(F)(F)F)c(F)c1F)c1cc2nc(-c3cccs3)cc(C(F)(F)F)n2n1. The van der Waals surface area contributed by atoms with Crippen molar-refractivity contribution in [3.8, 4) is 10.6 Å². The third kappa shape index (κ3) is 4.28. The predicted octanol–water partition coefficient (Wildman–Crippen LogP) is 6.30. The van der Waals surface area contributed by atoms with Gasteiger partial charge in [-0.15, -0.1) is 11.3 Å². The van der Waals surface area contributed by atoms with Crippen molar-refractivity contribution in [1.82, 2.24) is 14.6 Å². The van der Waals surface area contributed by atoms with E-state index in [1.165, 1.54) is 11.4 Å². The van der Waals surface area contributed by atoms with E-state index in [-0.39, 0.29) is 10.2 Å². The molecule has 0 aliphatic carbocycles. The van der Waals surface area contributed by atoms with Gasteiger partial charge in [-0.2, -0.15) is 31.4 Å². The molecule has 1 aromatic carbocycles.